The number of carbonyl (C=O) groups is 2. The average Bonchev–Trinajstić information content (AvgIpc) is 2.79. The van der Waals surface area contributed by atoms with Crippen molar-refractivity contribution in [3.63, 3.8) is 0 Å². The molecule has 0 aliphatic heterocycles. The third kappa shape index (κ3) is 4.38. The molecule has 0 aliphatic carbocycles. The average molecular weight is 236 g/mol. The Morgan fingerprint density at radius 3 is 2.82 bits per heavy atom. The number of allylic oxidation sites excluding steroid dienone is 2. The van der Waals surface area contributed by atoms with Gasteiger partial charge in [-0.15, -0.1) is 0 Å². The Labute approximate surface area is 98.0 Å². The largest absolute Gasteiger partial charge is 0.481 e. The van der Waals surface area contributed by atoms with Gasteiger partial charge in [-0.2, -0.15) is 0 Å². The first-order valence-electron chi connectivity index (χ1n) is 4.84. The van der Waals surface area contributed by atoms with Gasteiger partial charge in [-0.25, -0.2) is 4.79 Å². The molecule has 1 aromatic rings. The first-order valence-corrected chi connectivity index (χ1v) is 4.84. The van der Waals surface area contributed by atoms with Gasteiger partial charge in [-0.1, -0.05) is 12.2 Å². The molecule has 1 heterocycles. The van der Waals surface area contributed by atoms with E-state index in [9.17, 15) is 9.59 Å². The predicted octanol–water partition coefficient (Wildman–Crippen LogP) is 1.87. The number of esters is 1. The Kier molecular flexibility index (Phi) is 4.75. The molecule has 0 bridgehead atoms. The Morgan fingerprint density at radius 1 is 1.53 bits per heavy atom. The van der Waals surface area contributed by atoms with Crippen LogP contribution in [0.5, 0.6) is 0 Å². The zero-order chi connectivity index (χ0) is 12.7. The molecule has 90 valence electrons. The lowest BCUT2D eigenvalue weighted by Gasteiger charge is -2.00. The van der Waals surface area contributed by atoms with Gasteiger partial charge in [-0.05, 0) is 18.2 Å². The van der Waals surface area contributed by atoms with E-state index in [1.165, 1.54) is 25.5 Å². The van der Waals surface area contributed by atoms with Gasteiger partial charge in [0.15, 0.2) is 0 Å². The van der Waals surface area contributed by atoms with E-state index < -0.39 is 11.9 Å². The number of hydrogen-bond donors (Lipinski definition) is 1. The van der Waals surface area contributed by atoms with E-state index in [2.05, 4.69) is 4.74 Å². The molecule has 0 aliphatic rings. The Balaban J connectivity index is 2.75. The van der Waals surface area contributed by atoms with E-state index in [0.29, 0.717) is 5.76 Å². The highest BCUT2D eigenvalue weighted by atomic mass is 16.5. The fraction of sp³-hybridized carbons (Fsp3) is 0.167. The molecule has 5 heteroatoms. The van der Waals surface area contributed by atoms with Crippen LogP contribution in [0.4, 0.5) is 0 Å². The van der Waals surface area contributed by atoms with Crippen LogP contribution < -0.4 is 0 Å². The summed E-state index contributed by atoms with van der Waals surface area (Å²) in [5.41, 5.74) is 0.0720. The minimum atomic E-state index is -1.09. The van der Waals surface area contributed by atoms with Crippen LogP contribution in [0.15, 0.2) is 40.5 Å². The molecule has 0 unspecified atom stereocenters. The summed E-state index contributed by atoms with van der Waals surface area (Å²) in [7, 11) is 1.20. The molecular weight excluding hydrogens is 224 g/mol. The number of carboxylic acids is 1. The van der Waals surface area contributed by atoms with Crippen LogP contribution >= 0.6 is 0 Å². The fourth-order valence-corrected chi connectivity index (χ4v) is 1.14. The van der Waals surface area contributed by atoms with Gasteiger partial charge >= 0.3 is 11.9 Å². The summed E-state index contributed by atoms with van der Waals surface area (Å²) in [5.74, 6) is -1.13. The van der Waals surface area contributed by atoms with E-state index in [-0.39, 0.29) is 12.0 Å². The maximum Gasteiger partial charge on any atom is 0.334 e. The molecule has 0 saturated heterocycles. The maximum absolute atomic E-state index is 11.2. The van der Waals surface area contributed by atoms with Gasteiger partial charge in [0, 0.05) is 5.57 Å². The van der Waals surface area contributed by atoms with Crippen LogP contribution in [0.1, 0.15) is 12.2 Å². The highest BCUT2D eigenvalue weighted by Crippen LogP contribution is 2.07. The zero-order valence-corrected chi connectivity index (χ0v) is 9.25. The van der Waals surface area contributed by atoms with Gasteiger partial charge in [0.25, 0.3) is 0 Å². The quantitative estimate of drug-likeness (QED) is 0.479. The van der Waals surface area contributed by atoms with Crippen LogP contribution in [0.2, 0.25) is 0 Å². The van der Waals surface area contributed by atoms with Crippen LogP contribution in [-0.4, -0.2) is 24.2 Å². The summed E-state index contributed by atoms with van der Waals surface area (Å²) in [5, 5.41) is 8.62. The van der Waals surface area contributed by atoms with Crippen molar-refractivity contribution in [2.45, 2.75) is 6.42 Å². The number of ether oxygens (including phenoxy) is 1. The topological polar surface area (TPSA) is 76.7 Å². The molecule has 0 spiro atoms. The Bertz CT molecular complexity index is 439. The lowest BCUT2D eigenvalue weighted by atomic mass is 10.1. The second-order valence-electron chi connectivity index (χ2n) is 3.13. The standard InChI is InChI=1S/C12H12O5/c1-16-12(15)9(8-11(13)14)4-2-5-10-6-3-7-17-10/h2-7H,8H2,1H3,(H,13,14)/b5-2+,9-4+. The summed E-state index contributed by atoms with van der Waals surface area (Å²) >= 11 is 0. The molecule has 17 heavy (non-hydrogen) atoms. The first kappa shape index (κ1) is 12.8. The second kappa shape index (κ2) is 6.32. The van der Waals surface area contributed by atoms with Crippen LogP contribution in [0.25, 0.3) is 6.08 Å². The lowest BCUT2D eigenvalue weighted by Crippen LogP contribution is -2.09. The first-order chi connectivity index (χ1) is 8.13. The van der Waals surface area contributed by atoms with Crippen molar-refractivity contribution < 1.29 is 23.8 Å². The van der Waals surface area contributed by atoms with E-state index in [4.69, 9.17) is 9.52 Å². The summed E-state index contributed by atoms with van der Waals surface area (Å²) in [4.78, 5) is 21.8. The molecule has 0 amide bonds. The number of methoxy groups -OCH3 is 1. The van der Waals surface area contributed by atoms with Crippen molar-refractivity contribution in [3.8, 4) is 0 Å². The van der Waals surface area contributed by atoms with E-state index in [1.807, 2.05) is 0 Å². The molecule has 0 saturated carbocycles. The van der Waals surface area contributed by atoms with Crippen LogP contribution in [-0.2, 0) is 14.3 Å². The van der Waals surface area contributed by atoms with Gasteiger partial charge in [0.05, 0.1) is 19.8 Å². The van der Waals surface area contributed by atoms with Crippen molar-refractivity contribution >= 4 is 18.0 Å². The summed E-state index contributed by atoms with van der Waals surface area (Å²) in [6.45, 7) is 0. The summed E-state index contributed by atoms with van der Waals surface area (Å²) in [6.07, 6.45) is 5.68. The second-order valence-corrected chi connectivity index (χ2v) is 3.13. The minimum absolute atomic E-state index is 0.0720. The molecule has 0 aromatic carbocycles. The van der Waals surface area contributed by atoms with E-state index in [1.54, 1.807) is 18.2 Å². The van der Waals surface area contributed by atoms with Gasteiger partial charge in [0.1, 0.15) is 5.76 Å². The molecule has 0 fully saturated rings. The Morgan fingerprint density at radius 2 is 2.29 bits per heavy atom. The number of carbonyl (C=O) groups excluding carboxylic acids is 1. The van der Waals surface area contributed by atoms with Crippen molar-refractivity contribution in [2.24, 2.45) is 0 Å². The predicted molar refractivity (Wildman–Crippen MR) is 60.1 cm³/mol. The maximum atomic E-state index is 11.2. The zero-order valence-electron chi connectivity index (χ0n) is 9.25. The number of carboxylic acid groups (broad SMARTS) is 1. The van der Waals surface area contributed by atoms with Crippen LogP contribution in [0.3, 0.4) is 0 Å². The molecule has 5 nitrogen and oxygen atoms in total. The number of aliphatic carboxylic acids is 1. The molecule has 0 radical (unpaired) electrons. The Hall–Kier alpha value is -2.30. The monoisotopic (exact) mass is 236 g/mol. The smallest absolute Gasteiger partial charge is 0.334 e. The fourth-order valence-electron chi connectivity index (χ4n) is 1.14. The van der Waals surface area contributed by atoms with E-state index in [0.717, 1.165) is 0 Å². The lowest BCUT2D eigenvalue weighted by molar-refractivity contribution is -0.141. The van der Waals surface area contributed by atoms with Crippen molar-refractivity contribution in [1.29, 1.82) is 0 Å². The highest BCUT2D eigenvalue weighted by Gasteiger charge is 2.12. The number of hydrogen-bond acceptors (Lipinski definition) is 4. The summed E-state index contributed by atoms with van der Waals surface area (Å²) < 4.78 is 9.51. The molecule has 1 aromatic heterocycles. The van der Waals surface area contributed by atoms with Crippen molar-refractivity contribution in [3.05, 3.63) is 41.9 Å². The molecule has 1 N–H and O–H groups in total. The third-order valence-electron chi connectivity index (χ3n) is 1.89. The molecular formula is C12H12O5. The normalized spacial score (nSPS) is 11.7. The van der Waals surface area contributed by atoms with Crippen molar-refractivity contribution in [1.82, 2.24) is 0 Å². The van der Waals surface area contributed by atoms with Crippen LogP contribution in [0, 0.1) is 0 Å². The SMILES string of the molecule is COC(=O)/C(=C/C=C/c1ccco1)CC(=O)O. The number of rotatable bonds is 5. The van der Waals surface area contributed by atoms with Crippen molar-refractivity contribution in [2.75, 3.05) is 7.11 Å². The summed E-state index contributed by atoms with van der Waals surface area (Å²) in [6, 6.07) is 3.46. The van der Waals surface area contributed by atoms with Gasteiger partial charge in [0.2, 0.25) is 0 Å². The minimum Gasteiger partial charge on any atom is -0.481 e. The highest BCUT2D eigenvalue weighted by molar-refractivity contribution is 5.93. The van der Waals surface area contributed by atoms with Gasteiger partial charge in [-0.3, -0.25) is 4.79 Å². The molecule has 1 rings (SSSR count). The van der Waals surface area contributed by atoms with E-state index >= 15 is 0 Å². The third-order valence-corrected chi connectivity index (χ3v) is 1.89. The number of furan rings is 1. The van der Waals surface area contributed by atoms with Gasteiger partial charge < -0.3 is 14.3 Å². The molecule has 0 atom stereocenters.